The Labute approximate surface area is 185 Å². The summed E-state index contributed by atoms with van der Waals surface area (Å²) in [5.41, 5.74) is 3.39. The van der Waals surface area contributed by atoms with Gasteiger partial charge in [0.25, 0.3) is 11.8 Å². The third kappa shape index (κ3) is 2.60. The number of carbonyl (C=O) groups excluding carboxylic acids is 2. The second kappa shape index (κ2) is 7.02. The molecule has 0 bridgehead atoms. The quantitative estimate of drug-likeness (QED) is 0.652. The van der Waals surface area contributed by atoms with Gasteiger partial charge in [-0.25, -0.2) is 0 Å². The zero-order chi connectivity index (χ0) is 22.6. The molecular weight excluding hydrogens is 406 g/mol. The number of benzene rings is 3. The average molecular weight is 429 g/mol. The van der Waals surface area contributed by atoms with Crippen molar-refractivity contribution in [3.63, 3.8) is 0 Å². The first kappa shape index (κ1) is 19.9. The molecule has 0 aliphatic carbocycles. The van der Waals surface area contributed by atoms with Crippen LogP contribution in [0, 0.1) is 13.8 Å². The SMILES string of the molecule is COc1ccc(N2C(=O)c3ccccc3N[C@@]23C(=O)Nc2c(C)cc(C)cc23)c(OC)c1. The number of ether oxygens (including phenoxy) is 2. The molecule has 2 amide bonds. The maximum absolute atomic E-state index is 13.9. The minimum absolute atomic E-state index is 0.301. The van der Waals surface area contributed by atoms with E-state index in [1.807, 2.05) is 38.1 Å². The van der Waals surface area contributed by atoms with Crippen LogP contribution in [0.4, 0.5) is 17.1 Å². The van der Waals surface area contributed by atoms with Gasteiger partial charge in [-0.2, -0.15) is 0 Å². The van der Waals surface area contributed by atoms with Gasteiger partial charge in [-0.05, 0) is 49.7 Å². The van der Waals surface area contributed by atoms with E-state index >= 15 is 0 Å². The third-order valence-corrected chi connectivity index (χ3v) is 6.08. The summed E-state index contributed by atoms with van der Waals surface area (Å²) in [6.07, 6.45) is 0. The lowest BCUT2D eigenvalue weighted by atomic mass is 9.90. The third-order valence-electron chi connectivity index (χ3n) is 6.08. The lowest BCUT2D eigenvalue weighted by Crippen LogP contribution is -2.61. The molecule has 0 fully saturated rings. The molecule has 162 valence electrons. The highest BCUT2D eigenvalue weighted by molar-refractivity contribution is 6.22. The molecule has 0 aromatic heterocycles. The topological polar surface area (TPSA) is 79.9 Å². The van der Waals surface area contributed by atoms with Crippen LogP contribution in [0.3, 0.4) is 0 Å². The van der Waals surface area contributed by atoms with Gasteiger partial charge in [0.05, 0.1) is 31.2 Å². The minimum atomic E-state index is -1.47. The van der Waals surface area contributed by atoms with Gasteiger partial charge in [-0.1, -0.05) is 23.8 Å². The molecule has 3 aromatic carbocycles. The lowest BCUT2D eigenvalue weighted by molar-refractivity contribution is -0.119. The minimum Gasteiger partial charge on any atom is -0.497 e. The van der Waals surface area contributed by atoms with Gasteiger partial charge in [-0.15, -0.1) is 0 Å². The molecule has 2 heterocycles. The second-order valence-electron chi connectivity index (χ2n) is 8.02. The summed E-state index contributed by atoms with van der Waals surface area (Å²) in [5, 5.41) is 6.40. The predicted molar refractivity (Wildman–Crippen MR) is 123 cm³/mol. The molecule has 7 heteroatoms. The fourth-order valence-electron chi connectivity index (χ4n) is 4.65. The van der Waals surface area contributed by atoms with E-state index in [9.17, 15) is 9.59 Å². The number of aryl methyl sites for hydroxylation is 2. The van der Waals surface area contributed by atoms with Gasteiger partial charge in [0, 0.05) is 17.3 Å². The number of amides is 2. The van der Waals surface area contributed by atoms with Crippen LogP contribution in [0.1, 0.15) is 27.0 Å². The molecule has 7 nitrogen and oxygen atoms in total. The van der Waals surface area contributed by atoms with Crippen molar-refractivity contribution < 1.29 is 19.1 Å². The number of nitrogens with zero attached hydrogens (tertiary/aromatic N) is 1. The van der Waals surface area contributed by atoms with Crippen molar-refractivity contribution in [3.05, 3.63) is 76.9 Å². The summed E-state index contributed by atoms with van der Waals surface area (Å²) < 4.78 is 10.9. The number of nitrogens with one attached hydrogen (secondary N) is 2. The molecule has 2 aliphatic rings. The van der Waals surface area contributed by atoms with Crippen LogP contribution in [0.2, 0.25) is 0 Å². The molecule has 1 spiro atoms. The van der Waals surface area contributed by atoms with Crippen molar-refractivity contribution in [3.8, 4) is 11.5 Å². The molecule has 5 rings (SSSR count). The van der Waals surface area contributed by atoms with Crippen molar-refractivity contribution in [2.75, 3.05) is 29.8 Å². The Kier molecular flexibility index (Phi) is 4.37. The van der Waals surface area contributed by atoms with E-state index in [4.69, 9.17) is 9.47 Å². The van der Waals surface area contributed by atoms with E-state index in [-0.39, 0.29) is 11.8 Å². The van der Waals surface area contributed by atoms with E-state index < -0.39 is 5.66 Å². The molecule has 0 radical (unpaired) electrons. The Bertz CT molecular complexity index is 1290. The molecule has 0 saturated carbocycles. The summed E-state index contributed by atoms with van der Waals surface area (Å²) in [7, 11) is 3.09. The zero-order valence-corrected chi connectivity index (χ0v) is 18.3. The molecule has 0 saturated heterocycles. The summed E-state index contributed by atoms with van der Waals surface area (Å²) in [4.78, 5) is 29.1. The zero-order valence-electron chi connectivity index (χ0n) is 18.3. The maximum Gasteiger partial charge on any atom is 0.276 e. The normalized spacial score (nSPS) is 18.7. The number of rotatable bonds is 3. The van der Waals surface area contributed by atoms with Crippen LogP contribution in [0.25, 0.3) is 0 Å². The first-order valence-corrected chi connectivity index (χ1v) is 10.3. The summed E-state index contributed by atoms with van der Waals surface area (Å²) >= 11 is 0. The number of anilines is 3. The number of methoxy groups -OCH3 is 2. The van der Waals surface area contributed by atoms with E-state index in [1.165, 1.54) is 12.0 Å². The summed E-state index contributed by atoms with van der Waals surface area (Å²) in [6.45, 7) is 3.92. The molecule has 2 N–H and O–H groups in total. The van der Waals surface area contributed by atoms with Gasteiger partial charge in [0.2, 0.25) is 5.66 Å². The smallest absolute Gasteiger partial charge is 0.276 e. The van der Waals surface area contributed by atoms with Crippen LogP contribution in [0.15, 0.2) is 54.6 Å². The Morgan fingerprint density at radius 1 is 0.938 bits per heavy atom. The Balaban J connectivity index is 1.84. The van der Waals surface area contributed by atoms with Crippen molar-refractivity contribution >= 4 is 28.9 Å². The van der Waals surface area contributed by atoms with E-state index in [1.54, 1.807) is 37.4 Å². The fourth-order valence-corrected chi connectivity index (χ4v) is 4.65. The van der Waals surface area contributed by atoms with Gasteiger partial charge < -0.3 is 20.1 Å². The molecule has 1 atom stereocenters. The van der Waals surface area contributed by atoms with Crippen molar-refractivity contribution in [1.29, 1.82) is 0 Å². The summed E-state index contributed by atoms with van der Waals surface area (Å²) in [6, 6.07) is 16.3. The number of hydrogen-bond acceptors (Lipinski definition) is 5. The van der Waals surface area contributed by atoms with E-state index in [2.05, 4.69) is 10.6 Å². The fraction of sp³-hybridized carbons (Fsp3) is 0.200. The molecule has 3 aromatic rings. The Hall–Kier alpha value is -4.00. The Morgan fingerprint density at radius 3 is 2.47 bits per heavy atom. The molecule has 0 unspecified atom stereocenters. The van der Waals surface area contributed by atoms with E-state index in [0.717, 1.165) is 11.1 Å². The van der Waals surface area contributed by atoms with Crippen LogP contribution in [0.5, 0.6) is 11.5 Å². The van der Waals surface area contributed by atoms with Crippen LogP contribution < -0.4 is 25.0 Å². The van der Waals surface area contributed by atoms with Crippen LogP contribution in [-0.4, -0.2) is 26.0 Å². The van der Waals surface area contributed by atoms with Crippen molar-refractivity contribution in [1.82, 2.24) is 0 Å². The number of hydrogen-bond donors (Lipinski definition) is 2. The van der Waals surface area contributed by atoms with Crippen molar-refractivity contribution in [2.24, 2.45) is 0 Å². The highest BCUT2D eigenvalue weighted by atomic mass is 16.5. The standard InChI is InChI=1S/C25H23N3O4/c1-14-11-15(2)22-18(12-14)25(24(30)26-22)27-19-8-6-5-7-17(19)23(29)28(25)20-10-9-16(31-3)13-21(20)32-4/h5-13,27H,1-4H3,(H,26,30)/t25-/m1/s1. The predicted octanol–water partition coefficient (Wildman–Crippen LogP) is 4.20. The first-order chi connectivity index (χ1) is 15.4. The highest BCUT2D eigenvalue weighted by Crippen LogP contribution is 2.50. The van der Waals surface area contributed by atoms with Gasteiger partial charge in [0.1, 0.15) is 11.5 Å². The van der Waals surface area contributed by atoms with Gasteiger partial charge in [0.15, 0.2) is 0 Å². The number of para-hydroxylation sites is 1. The molecular formula is C25H23N3O4. The van der Waals surface area contributed by atoms with Gasteiger partial charge >= 0.3 is 0 Å². The molecule has 32 heavy (non-hydrogen) atoms. The summed E-state index contributed by atoms with van der Waals surface area (Å²) in [5.74, 6) is 0.371. The van der Waals surface area contributed by atoms with Crippen LogP contribution >= 0.6 is 0 Å². The second-order valence-corrected chi connectivity index (χ2v) is 8.02. The molecule has 2 aliphatic heterocycles. The maximum atomic E-state index is 13.9. The van der Waals surface area contributed by atoms with E-state index in [0.29, 0.717) is 39.7 Å². The number of carbonyl (C=O) groups is 2. The van der Waals surface area contributed by atoms with Crippen LogP contribution in [-0.2, 0) is 10.5 Å². The Morgan fingerprint density at radius 2 is 1.72 bits per heavy atom. The average Bonchev–Trinajstić information content (AvgIpc) is 3.06. The lowest BCUT2D eigenvalue weighted by Gasteiger charge is -2.45. The monoisotopic (exact) mass is 429 g/mol. The van der Waals surface area contributed by atoms with Gasteiger partial charge in [-0.3, -0.25) is 14.5 Å². The first-order valence-electron chi connectivity index (χ1n) is 10.3. The largest absolute Gasteiger partial charge is 0.497 e. The highest BCUT2D eigenvalue weighted by Gasteiger charge is 2.58. The number of fused-ring (bicyclic) bond motifs is 3. The van der Waals surface area contributed by atoms with Crippen molar-refractivity contribution in [2.45, 2.75) is 19.5 Å².